The Kier molecular flexibility index (Phi) is 6.08. The molecule has 0 fully saturated rings. The lowest BCUT2D eigenvalue weighted by atomic mass is 10.2. The number of likely N-dealkylation sites (N-methyl/N-ethyl adjacent to an activating group) is 1. The number of hydrogen-bond donors (Lipinski definition) is 0. The van der Waals surface area contributed by atoms with Gasteiger partial charge in [-0.1, -0.05) is 6.07 Å². The average molecular weight is 391 g/mol. The van der Waals surface area contributed by atoms with E-state index in [2.05, 4.69) is 4.98 Å². The van der Waals surface area contributed by atoms with Crippen LogP contribution in [0.1, 0.15) is 5.69 Å². The van der Waals surface area contributed by atoms with Crippen LogP contribution in [0.5, 0.6) is 11.5 Å². The summed E-state index contributed by atoms with van der Waals surface area (Å²) >= 11 is 1.02. The van der Waals surface area contributed by atoms with Crippen molar-refractivity contribution in [1.29, 1.82) is 0 Å². The highest BCUT2D eigenvalue weighted by molar-refractivity contribution is 8.15. The van der Waals surface area contributed by atoms with Crippen molar-refractivity contribution < 1.29 is 17.9 Å². The minimum Gasteiger partial charge on any atom is -0.493 e. The molecule has 132 valence electrons. The predicted molar refractivity (Wildman–Crippen MR) is 95.9 cm³/mol. The molecule has 0 bridgehead atoms. The van der Waals surface area contributed by atoms with Crippen molar-refractivity contribution in [3.05, 3.63) is 23.9 Å². The SMILES string of the molecule is COc1cccc(-c2nc(C)c(S(=O)(=O)Cl)s2)c1OCCN(C)C. The molecule has 6 nitrogen and oxygen atoms in total. The van der Waals surface area contributed by atoms with Crippen LogP contribution in [-0.4, -0.2) is 52.7 Å². The summed E-state index contributed by atoms with van der Waals surface area (Å²) in [7, 11) is 7.10. The fraction of sp³-hybridized carbons (Fsp3) is 0.400. The highest BCUT2D eigenvalue weighted by Gasteiger charge is 2.22. The van der Waals surface area contributed by atoms with Crippen LogP contribution in [0.4, 0.5) is 0 Å². The van der Waals surface area contributed by atoms with E-state index in [-0.39, 0.29) is 4.21 Å². The first-order valence-corrected chi connectivity index (χ1v) is 10.2. The summed E-state index contributed by atoms with van der Waals surface area (Å²) in [6.45, 7) is 2.81. The molecule has 0 aliphatic heterocycles. The van der Waals surface area contributed by atoms with Gasteiger partial charge in [0.25, 0.3) is 9.05 Å². The summed E-state index contributed by atoms with van der Waals surface area (Å²) in [4.78, 5) is 6.34. The molecule has 24 heavy (non-hydrogen) atoms. The van der Waals surface area contributed by atoms with Crippen molar-refractivity contribution in [2.24, 2.45) is 0 Å². The maximum absolute atomic E-state index is 11.6. The first-order chi connectivity index (χ1) is 11.2. The van der Waals surface area contributed by atoms with Crippen LogP contribution in [0.25, 0.3) is 10.6 Å². The minimum absolute atomic E-state index is 0.0428. The summed E-state index contributed by atoms with van der Waals surface area (Å²) in [5, 5.41) is 0.519. The number of thiazole rings is 1. The number of hydrogen-bond acceptors (Lipinski definition) is 7. The van der Waals surface area contributed by atoms with E-state index < -0.39 is 9.05 Å². The fourth-order valence-electron chi connectivity index (χ4n) is 2.05. The van der Waals surface area contributed by atoms with Crippen LogP contribution in [0.2, 0.25) is 0 Å². The molecule has 0 radical (unpaired) electrons. The Bertz CT molecular complexity index is 819. The highest BCUT2D eigenvalue weighted by atomic mass is 35.7. The molecule has 1 heterocycles. The molecule has 0 saturated heterocycles. The van der Waals surface area contributed by atoms with Gasteiger partial charge in [0.05, 0.1) is 18.4 Å². The quantitative estimate of drug-likeness (QED) is 0.677. The molecule has 0 N–H and O–H groups in total. The Balaban J connectivity index is 2.46. The number of ether oxygens (including phenoxy) is 2. The lowest BCUT2D eigenvalue weighted by Gasteiger charge is -2.15. The number of nitrogens with zero attached hydrogens (tertiary/aromatic N) is 2. The number of benzene rings is 1. The van der Waals surface area contributed by atoms with E-state index >= 15 is 0 Å². The van der Waals surface area contributed by atoms with Crippen molar-refractivity contribution in [1.82, 2.24) is 9.88 Å². The first kappa shape index (κ1) is 19.0. The topological polar surface area (TPSA) is 68.7 Å². The van der Waals surface area contributed by atoms with Crippen LogP contribution < -0.4 is 9.47 Å². The van der Waals surface area contributed by atoms with Crippen molar-refractivity contribution in [3.8, 4) is 22.1 Å². The summed E-state index contributed by atoms with van der Waals surface area (Å²) in [6, 6.07) is 5.41. The van der Waals surface area contributed by atoms with Gasteiger partial charge in [0, 0.05) is 17.2 Å². The van der Waals surface area contributed by atoms with Gasteiger partial charge in [0.2, 0.25) is 0 Å². The van der Waals surface area contributed by atoms with Crippen molar-refractivity contribution in [2.75, 3.05) is 34.4 Å². The number of aromatic nitrogens is 1. The van der Waals surface area contributed by atoms with E-state index in [1.54, 1.807) is 26.2 Å². The molecule has 1 aromatic carbocycles. The predicted octanol–water partition coefficient (Wildman–Crippen LogP) is 3.00. The molecule has 9 heteroatoms. The highest BCUT2D eigenvalue weighted by Crippen LogP contribution is 2.41. The number of rotatable bonds is 7. The van der Waals surface area contributed by atoms with Gasteiger partial charge in [-0.3, -0.25) is 0 Å². The smallest absolute Gasteiger partial charge is 0.272 e. The number of aryl methyl sites for hydroxylation is 1. The minimum atomic E-state index is -3.83. The van der Waals surface area contributed by atoms with E-state index in [1.807, 2.05) is 25.1 Å². The lowest BCUT2D eigenvalue weighted by Crippen LogP contribution is -2.19. The van der Waals surface area contributed by atoms with E-state index in [9.17, 15) is 8.42 Å². The van der Waals surface area contributed by atoms with E-state index in [0.29, 0.717) is 34.4 Å². The molecular formula is C15H19ClN2O4S2. The van der Waals surface area contributed by atoms with Gasteiger partial charge in [0.15, 0.2) is 15.7 Å². The molecule has 0 unspecified atom stereocenters. The van der Waals surface area contributed by atoms with Gasteiger partial charge in [-0.2, -0.15) is 0 Å². The molecule has 0 spiro atoms. The Morgan fingerprint density at radius 3 is 2.58 bits per heavy atom. The largest absolute Gasteiger partial charge is 0.493 e. The van der Waals surface area contributed by atoms with Gasteiger partial charge in [-0.15, -0.1) is 11.3 Å². The van der Waals surface area contributed by atoms with Gasteiger partial charge in [-0.05, 0) is 33.2 Å². The Hall–Kier alpha value is -1.35. The van der Waals surface area contributed by atoms with Gasteiger partial charge < -0.3 is 14.4 Å². The summed E-state index contributed by atoms with van der Waals surface area (Å²) in [5.41, 5.74) is 1.04. The van der Waals surface area contributed by atoms with Gasteiger partial charge >= 0.3 is 0 Å². The molecule has 1 aromatic heterocycles. The van der Waals surface area contributed by atoms with Crippen LogP contribution >= 0.6 is 22.0 Å². The number of halogens is 1. The number of methoxy groups -OCH3 is 1. The summed E-state index contributed by atoms with van der Waals surface area (Å²) < 4.78 is 34.5. The molecule has 0 saturated carbocycles. The third-order valence-electron chi connectivity index (χ3n) is 3.19. The second-order valence-electron chi connectivity index (χ2n) is 5.32. The monoisotopic (exact) mass is 390 g/mol. The normalized spacial score (nSPS) is 11.8. The Morgan fingerprint density at radius 1 is 1.33 bits per heavy atom. The van der Waals surface area contributed by atoms with Crippen LogP contribution in [0, 0.1) is 6.92 Å². The zero-order valence-electron chi connectivity index (χ0n) is 13.9. The summed E-state index contributed by atoms with van der Waals surface area (Å²) in [5.74, 6) is 1.10. The van der Waals surface area contributed by atoms with Crippen molar-refractivity contribution in [2.45, 2.75) is 11.1 Å². The molecule has 2 aromatic rings. The average Bonchev–Trinajstić information content (AvgIpc) is 2.89. The maximum Gasteiger partial charge on any atom is 0.272 e. The van der Waals surface area contributed by atoms with Crippen molar-refractivity contribution in [3.63, 3.8) is 0 Å². The van der Waals surface area contributed by atoms with Crippen LogP contribution in [0.15, 0.2) is 22.4 Å². The van der Waals surface area contributed by atoms with Crippen molar-refractivity contribution >= 4 is 31.1 Å². The van der Waals surface area contributed by atoms with E-state index in [4.69, 9.17) is 20.2 Å². The Morgan fingerprint density at radius 2 is 2.04 bits per heavy atom. The Labute approximate surface area is 150 Å². The zero-order valence-corrected chi connectivity index (χ0v) is 16.3. The lowest BCUT2D eigenvalue weighted by molar-refractivity contribution is 0.251. The van der Waals surface area contributed by atoms with E-state index in [1.165, 1.54) is 0 Å². The number of para-hydroxylation sites is 1. The third kappa shape index (κ3) is 4.38. The molecule has 0 atom stereocenters. The molecule has 0 aliphatic carbocycles. The van der Waals surface area contributed by atoms with Gasteiger partial charge in [-0.25, -0.2) is 13.4 Å². The molecular weight excluding hydrogens is 372 g/mol. The van der Waals surface area contributed by atoms with Crippen LogP contribution in [0.3, 0.4) is 0 Å². The zero-order chi connectivity index (χ0) is 17.9. The van der Waals surface area contributed by atoms with E-state index in [0.717, 1.165) is 17.9 Å². The maximum atomic E-state index is 11.6. The molecule has 0 amide bonds. The summed E-state index contributed by atoms with van der Waals surface area (Å²) in [6.07, 6.45) is 0. The fourth-order valence-corrected chi connectivity index (χ4v) is 4.52. The second kappa shape index (κ2) is 7.69. The molecule has 0 aliphatic rings. The van der Waals surface area contributed by atoms with Gasteiger partial charge in [0.1, 0.15) is 11.6 Å². The van der Waals surface area contributed by atoms with Crippen LogP contribution in [-0.2, 0) is 9.05 Å². The third-order valence-corrected chi connectivity index (χ3v) is 6.56. The standard InChI is InChI=1S/C15H19ClN2O4S2/c1-10-15(24(16,19)20)23-14(17-10)11-6-5-7-12(21-4)13(11)22-9-8-18(2)3/h5-7H,8-9H2,1-4H3. The second-order valence-corrected chi connectivity index (χ2v) is 9.08. The first-order valence-electron chi connectivity index (χ1n) is 7.11. The molecule has 2 rings (SSSR count).